The fourth-order valence-electron chi connectivity index (χ4n) is 1.07. The molecule has 1 unspecified atom stereocenters. The molecule has 0 bridgehead atoms. The average molecular weight is 284 g/mol. The predicted molar refractivity (Wildman–Crippen MR) is 67.8 cm³/mol. The molecule has 0 saturated heterocycles. The van der Waals surface area contributed by atoms with Gasteiger partial charge in [0.25, 0.3) is 0 Å². The summed E-state index contributed by atoms with van der Waals surface area (Å²) in [5, 5.41) is 0. The van der Waals surface area contributed by atoms with E-state index in [1.54, 1.807) is 20.1 Å². The van der Waals surface area contributed by atoms with Gasteiger partial charge in [-0.1, -0.05) is 28.1 Å². The maximum absolute atomic E-state index is 11.3. The Morgan fingerprint density at radius 1 is 1.50 bits per heavy atom. The zero-order chi connectivity index (χ0) is 12.0. The van der Waals surface area contributed by atoms with Crippen LogP contribution in [0.2, 0.25) is 0 Å². The van der Waals surface area contributed by atoms with Crippen molar-refractivity contribution >= 4 is 28.1 Å². The molecule has 0 saturated carbocycles. The van der Waals surface area contributed by atoms with Crippen molar-refractivity contribution in [1.82, 2.24) is 0 Å². The molecule has 0 radical (unpaired) electrons. The Morgan fingerprint density at radius 2 is 2.12 bits per heavy atom. The number of carbonyl (C=O) groups is 1. The van der Waals surface area contributed by atoms with E-state index < -0.39 is 6.04 Å². The van der Waals surface area contributed by atoms with E-state index in [1.807, 2.05) is 24.3 Å². The standard InChI is InChI=1S/C12H14BrNO2/c1-3-16-12(15)9(2)14-8-10-4-6-11(13)7-5-10/h4-9H,3H2,1-2H3. The van der Waals surface area contributed by atoms with Gasteiger partial charge in [-0.25, -0.2) is 4.79 Å². The van der Waals surface area contributed by atoms with Gasteiger partial charge < -0.3 is 4.74 Å². The molecule has 0 aliphatic rings. The van der Waals surface area contributed by atoms with Crippen molar-refractivity contribution < 1.29 is 9.53 Å². The van der Waals surface area contributed by atoms with Crippen LogP contribution < -0.4 is 0 Å². The maximum Gasteiger partial charge on any atom is 0.330 e. The first-order valence-corrected chi connectivity index (χ1v) is 5.88. The molecule has 1 atom stereocenters. The number of rotatable bonds is 4. The van der Waals surface area contributed by atoms with Gasteiger partial charge in [-0.2, -0.15) is 0 Å². The highest BCUT2D eigenvalue weighted by Gasteiger charge is 2.10. The Bertz CT molecular complexity index is 373. The number of halogens is 1. The normalized spacial score (nSPS) is 12.7. The second-order valence-corrected chi connectivity index (χ2v) is 4.17. The molecular weight excluding hydrogens is 270 g/mol. The number of aliphatic imine (C=N–C) groups is 1. The van der Waals surface area contributed by atoms with Crippen LogP contribution in [0, 0.1) is 0 Å². The van der Waals surface area contributed by atoms with Crippen LogP contribution in [0.15, 0.2) is 33.7 Å². The van der Waals surface area contributed by atoms with Gasteiger partial charge in [-0.05, 0) is 31.5 Å². The Labute approximate surface area is 104 Å². The summed E-state index contributed by atoms with van der Waals surface area (Å²) in [6.45, 7) is 3.88. The molecule has 0 N–H and O–H groups in total. The summed E-state index contributed by atoms with van der Waals surface area (Å²) < 4.78 is 5.87. The number of carbonyl (C=O) groups excluding carboxylic acids is 1. The van der Waals surface area contributed by atoms with Gasteiger partial charge in [0.15, 0.2) is 0 Å². The van der Waals surface area contributed by atoms with Gasteiger partial charge >= 0.3 is 5.97 Å². The van der Waals surface area contributed by atoms with Crippen molar-refractivity contribution in [3.05, 3.63) is 34.3 Å². The lowest BCUT2D eigenvalue weighted by Gasteiger charge is -2.04. The predicted octanol–water partition coefficient (Wildman–Crippen LogP) is 2.82. The molecule has 0 heterocycles. The zero-order valence-corrected chi connectivity index (χ0v) is 10.9. The lowest BCUT2D eigenvalue weighted by Crippen LogP contribution is -2.18. The molecule has 0 fully saturated rings. The SMILES string of the molecule is CCOC(=O)C(C)N=Cc1ccc(Br)cc1. The average Bonchev–Trinajstić information content (AvgIpc) is 2.28. The summed E-state index contributed by atoms with van der Waals surface area (Å²) in [6, 6.07) is 7.24. The van der Waals surface area contributed by atoms with Gasteiger partial charge in [0, 0.05) is 10.7 Å². The molecule has 16 heavy (non-hydrogen) atoms. The highest BCUT2D eigenvalue weighted by Crippen LogP contribution is 2.09. The Kier molecular flexibility index (Phi) is 5.19. The van der Waals surface area contributed by atoms with Crippen molar-refractivity contribution in [2.45, 2.75) is 19.9 Å². The summed E-state index contributed by atoms with van der Waals surface area (Å²) in [5.74, 6) is -0.295. The van der Waals surface area contributed by atoms with E-state index >= 15 is 0 Å². The van der Waals surface area contributed by atoms with E-state index in [2.05, 4.69) is 20.9 Å². The minimum Gasteiger partial charge on any atom is -0.464 e. The molecule has 0 aliphatic carbocycles. The topological polar surface area (TPSA) is 38.7 Å². The molecule has 4 heteroatoms. The summed E-state index contributed by atoms with van der Waals surface area (Å²) in [6.07, 6.45) is 1.67. The summed E-state index contributed by atoms with van der Waals surface area (Å²) in [7, 11) is 0. The van der Waals surface area contributed by atoms with Crippen molar-refractivity contribution in [3.63, 3.8) is 0 Å². The minimum absolute atomic E-state index is 0.295. The Balaban J connectivity index is 2.59. The first-order valence-electron chi connectivity index (χ1n) is 5.09. The molecule has 1 rings (SSSR count). The van der Waals surface area contributed by atoms with Crippen LogP contribution >= 0.6 is 15.9 Å². The van der Waals surface area contributed by atoms with Gasteiger partial charge in [0.1, 0.15) is 6.04 Å². The molecular formula is C12H14BrNO2. The maximum atomic E-state index is 11.3. The molecule has 0 amide bonds. The second kappa shape index (κ2) is 6.43. The van der Waals surface area contributed by atoms with Crippen LogP contribution in [0.1, 0.15) is 19.4 Å². The zero-order valence-electron chi connectivity index (χ0n) is 9.31. The smallest absolute Gasteiger partial charge is 0.330 e. The number of hydrogen-bond donors (Lipinski definition) is 0. The number of hydrogen-bond acceptors (Lipinski definition) is 3. The number of benzene rings is 1. The fraction of sp³-hybridized carbons (Fsp3) is 0.333. The molecule has 1 aromatic rings. The lowest BCUT2D eigenvalue weighted by molar-refractivity contribution is -0.144. The molecule has 3 nitrogen and oxygen atoms in total. The van der Waals surface area contributed by atoms with Crippen LogP contribution in [0.3, 0.4) is 0 Å². The Hall–Kier alpha value is -1.16. The molecule has 0 aliphatic heterocycles. The number of nitrogens with zero attached hydrogens (tertiary/aromatic N) is 1. The van der Waals surface area contributed by atoms with Crippen molar-refractivity contribution in [2.75, 3.05) is 6.61 Å². The Morgan fingerprint density at radius 3 is 2.69 bits per heavy atom. The lowest BCUT2D eigenvalue weighted by atomic mass is 10.2. The van der Waals surface area contributed by atoms with Gasteiger partial charge in [0.2, 0.25) is 0 Å². The fourth-order valence-corrected chi connectivity index (χ4v) is 1.33. The van der Waals surface area contributed by atoms with Gasteiger partial charge in [-0.15, -0.1) is 0 Å². The molecule has 0 spiro atoms. The van der Waals surface area contributed by atoms with Crippen molar-refractivity contribution in [2.24, 2.45) is 4.99 Å². The van der Waals surface area contributed by atoms with E-state index in [1.165, 1.54) is 0 Å². The minimum atomic E-state index is -0.455. The largest absolute Gasteiger partial charge is 0.464 e. The van der Waals surface area contributed by atoms with Crippen LogP contribution in [0.5, 0.6) is 0 Å². The third-order valence-electron chi connectivity index (χ3n) is 1.94. The summed E-state index contributed by atoms with van der Waals surface area (Å²) >= 11 is 3.35. The number of esters is 1. The summed E-state index contributed by atoms with van der Waals surface area (Å²) in [5.41, 5.74) is 0.958. The van der Waals surface area contributed by atoms with Crippen LogP contribution in [-0.2, 0) is 9.53 Å². The molecule has 1 aromatic carbocycles. The van der Waals surface area contributed by atoms with E-state index in [-0.39, 0.29) is 5.97 Å². The summed E-state index contributed by atoms with van der Waals surface area (Å²) in [4.78, 5) is 15.4. The highest BCUT2D eigenvalue weighted by molar-refractivity contribution is 9.10. The van der Waals surface area contributed by atoms with Crippen molar-refractivity contribution in [1.29, 1.82) is 0 Å². The van der Waals surface area contributed by atoms with Crippen molar-refractivity contribution in [3.8, 4) is 0 Å². The van der Waals surface area contributed by atoms with Gasteiger partial charge in [0.05, 0.1) is 6.61 Å². The third-order valence-corrected chi connectivity index (χ3v) is 2.47. The van der Waals surface area contributed by atoms with Gasteiger partial charge in [-0.3, -0.25) is 4.99 Å². The first kappa shape index (κ1) is 12.9. The molecule has 86 valence electrons. The van der Waals surface area contributed by atoms with E-state index in [4.69, 9.17) is 4.74 Å². The highest BCUT2D eigenvalue weighted by atomic mass is 79.9. The van der Waals surface area contributed by atoms with Crippen LogP contribution in [0.4, 0.5) is 0 Å². The van der Waals surface area contributed by atoms with E-state index in [9.17, 15) is 4.79 Å². The third kappa shape index (κ3) is 4.14. The number of ether oxygens (including phenoxy) is 1. The quantitative estimate of drug-likeness (QED) is 0.630. The van der Waals surface area contributed by atoms with Crippen LogP contribution in [-0.4, -0.2) is 24.8 Å². The first-order chi connectivity index (χ1) is 7.63. The van der Waals surface area contributed by atoms with E-state index in [0.29, 0.717) is 6.61 Å². The van der Waals surface area contributed by atoms with E-state index in [0.717, 1.165) is 10.0 Å². The monoisotopic (exact) mass is 283 g/mol. The van der Waals surface area contributed by atoms with Crippen LogP contribution in [0.25, 0.3) is 0 Å². The molecule has 0 aromatic heterocycles. The second-order valence-electron chi connectivity index (χ2n) is 3.26.